The van der Waals surface area contributed by atoms with Gasteiger partial charge in [0.15, 0.2) is 0 Å². The molecule has 21 heavy (non-hydrogen) atoms. The van der Waals surface area contributed by atoms with Gasteiger partial charge < -0.3 is 18.8 Å². The molecule has 2 aliphatic heterocycles. The molecule has 0 unspecified atom stereocenters. The van der Waals surface area contributed by atoms with Crippen molar-refractivity contribution in [3.63, 3.8) is 0 Å². The van der Waals surface area contributed by atoms with Crippen molar-refractivity contribution in [2.75, 3.05) is 19.8 Å². The van der Waals surface area contributed by atoms with Crippen LogP contribution in [-0.4, -0.2) is 54.0 Å². The van der Waals surface area contributed by atoms with Crippen LogP contribution in [0, 0.1) is 0 Å². The molecule has 0 bridgehead atoms. The Balaban J connectivity index is 1.65. The molecule has 7 heteroatoms. The van der Waals surface area contributed by atoms with Crippen molar-refractivity contribution in [3.8, 4) is 0 Å². The Bertz CT molecular complexity index is 481. The van der Waals surface area contributed by atoms with Gasteiger partial charge in [0.05, 0.1) is 37.6 Å². The Hall–Kier alpha value is -0.885. The summed E-state index contributed by atoms with van der Waals surface area (Å²) in [5.41, 5.74) is 0.269. The van der Waals surface area contributed by atoms with Crippen LogP contribution in [0.4, 0.5) is 0 Å². The molecule has 2 fully saturated rings. The van der Waals surface area contributed by atoms with Crippen LogP contribution >= 0.6 is 0 Å². The van der Waals surface area contributed by atoms with Gasteiger partial charge in [0, 0.05) is 17.9 Å². The zero-order valence-corrected chi connectivity index (χ0v) is 13.2. The van der Waals surface area contributed by atoms with E-state index in [1.165, 1.54) is 0 Å². The lowest BCUT2D eigenvalue weighted by atomic mass is 9.82. The van der Waals surface area contributed by atoms with Crippen molar-refractivity contribution in [2.45, 2.75) is 51.5 Å². The lowest BCUT2D eigenvalue weighted by molar-refractivity contribution is -0.0946. The fraction of sp³-hybridized carbons (Fsp3) is 0.786. The third kappa shape index (κ3) is 3.01. The predicted octanol–water partition coefficient (Wildman–Crippen LogP) is 0.598. The molecule has 1 aromatic rings. The van der Waals surface area contributed by atoms with Gasteiger partial charge >= 0.3 is 7.12 Å². The molecule has 0 amide bonds. The van der Waals surface area contributed by atoms with Gasteiger partial charge in [0.25, 0.3) is 0 Å². The van der Waals surface area contributed by atoms with Gasteiger partial charge in [0.1, 0.15) is 6.10 Å². The highest BCUT2D eigenvalue weighted by molar-refractivity contribution is 6.61. The Morgan fingerprint density at radius 3 is 2.57 bits per heavy atom. The number of aromatic nitrogens is 2. The van der Waals surface area contributed by atoms with Gasteiger partial charge in [-0.05, 0) is 27.7 Å². The summed E-state index contributed by atoms with van der Waals surface area (Å²) in [6.45, 7) is 10.8. The Morgan fingerprint density at radius 2 is 1.95 bits per heavy atom. The van der Waals surface area contributed by atoms with E-state index in [2.05, 4.69) is 5.10 Å². The highest BCUT2D eigenvalue weighted by atomic mass is 16.7. The fourth-order valence-corrected chi connectivity index (χ4v) is 2.43. The minimum absolute atomic E-state index is 0.0600. The molecule has 0 radical (unpaired) electrons. The van der Waals surface area contributed by atoms with Gasteiger partial charge in [-0.3, -0.25) is 4.68 Å². The quantitative estimate of drug-likeness (QED) is 0.764. The van der Waals surface area contributed by atoms with E-state index in [0.29, 0.717) is 26.4 Å². The van der Waals surface area contributed by atoms with Crippen LogP contribution < -0.4 is 5.46 Å². The second-order valence-electron chi connectivity index (χ2n) is 6.65. The summed E-state index contributed by atoms with van der Waals surface area (Å²) in [5.74, 6) is 0. The summed E-state index contributed by atoms with van der Waals surface area (Å²) in [5, 5.41) is 4.37. The standard InChI is InChI=1S/C14H23BN2O4/c1-13(2)14(3,4)21-15(20-13)11-7-16-17(8-11)9-12-10-18-5-6-19-12/h7-8,12H,5-6,9-10H2,1-4H3/t12-/m1/s1. The van der Waals surface area contributed by atoms with E-state index >= 15 is 0 Å². The molecule has 1 atom stereocenters. The van der Waals surface area contributed by atoms with E-state index in [9.17, 15) is 0 Å². The third-order valence-electron chi connectivity index (χ3n) is 4.45. The Kier molecular flexibility index (Phi) is 3.86. The van der Waals surface area contributed by atoms with Crippen molar-refractivity contribution in [3.05, 3.63) is 12.4 Å². The minimum Gasteiger partial charge on any atom is -0.399 e. The van der Waals surface area contributed by atoms with Crippen molar-refractivity contribution in [1.29, 1.82) is 0 Å². The lowest BCUT2D eigenvalue weighted by Crippen LogP contribution is -2.41. The first-order chi connectivity index (χ1) is 9.87. The molecule has 0 N–H and O–H groups in total. The molecule has 2 aliphatic rings. The first-order valence-electron chi connectivity index (χ1n) is 7.45. The maximum atomic E-state index is 6.02. The average Bonchev–Trinajstić information content (AvgIpc) is 2.94. The van der Waals surface area contributed by atoms with Crippen molar-refractivity contribution >= 4 is 12.6 Å². The highest BCUT2D eigenvalue weighted by Gasteiger charge is 2.52. The van der Waals surface area contributed by atoms with Gasteiger partial charge in [-0.1, -0.05) is 0 Å². The number of ether oxygens (including phenoxy) is 2. The maximum Gasteiger partial charge on any atom is 0.498 e. The van der Waals surface area contributed by atoms with E-state index in [0.717, 1.165) is 5.46 Å². The summed E-state index contributed by atoms with van der Waals surface area (Å²) in [6, 6.07) is 0. The summed E-state index contributed by atoms with van der Waals surface area (Å²) < 4.78 is 24.9. The molecule has 1 aromatic heterocycles. The highest BCUT2D eigenvalue weighted by Crippen LogP contribution is 2.36. The van der Waals surface area contributed by atoms with Gasteiger partial charge in [-0.25, -0.2) is 0 Å². The van der Waals surface area contributed by atoms with Crippen LogP contribution in [0.5, 0.6) is 0 Å². The Morgan fingerprint density at radius 1 is 1.24 bits per heavy atom. The summed E-state index contributed by atoms with van der Waals surface area (Å²) in [6.07, 6.45) is 3.82. The second kappa shape index (κ2) is 5.39. The van der Waals surface area contributed by atoms with Crippen molar-refractivity contribution in [1.82, 2.24) is 9.78 Å². The normalized spacial score (nSPS) is 28.0. The van der Waals surface area contributed by atoms with Crippen LogP contribution in [-0.2, 0) is 25.3 Å². The van der Waals surface area contributed by atoms with Gasteiger partial charge in [-0.2, -0.15) is 5.10 Å². The zero-order chi connectivity index (χ0) is 15.1. The average molecular weight is 294 g/mol. The van der Waals surface area contributed by atoms with Crippen molar-refractivity contribution in [2.24, 2.45) is 0 Å². The zero-order valence-electron chi connectivity index (χ0n) is 13.2. The van der Waals surface area contributed by atoms with Crippen molar-refractivity contribution < 1.29 is 18.8 Å². The second-order valence-corrected chi connectivity index (χ2v) is 6.65. The van der Waals surface area contributed by atoms with E-state index in [1.807, 2.05) is 38.6 Å². The largest absolute Gasteiger partial charge is 0.498 e. The SMILES string of the molecule is CC1(C)OB(c2cnn(C[C@@H]3COCCO3)c2)OC1(C)C. The summed E-state index contributed by atoms with van der Waals surface area (Å²) in [4.78, 5) is 0. The predicted molar refractivity (Wildman–Crippen MR) is 78.5 cm³/mol. The Labute approximate surface area is 125 Å². The number of hydrogen-bond acceptors (Lipinski definition) is 5. The van der Waals surface area contributed by atoms with E-state index in [-0.39, 0.29) is 24.4 Å². The molecule has 6 nitrogen and oxygen atoms in total. The van der Waals surface area contributed by atoms with Crippen LogP contribution in [0.25, 0.3) is 0 Å². The number of hydrogen-bond donors (Lipinski definition) is 0. The van der Waals surface area contributed by atoms with E-state index < -0.39 is 0 Å². The molecule has 2 saturated heterocycles. The number of nitrogens with zero attached hydrogens (tertiary/aromatic N) is 2. The van der Waals surface area contributed by atoms with Crippen LogP contribution in [0.2, 0.25) is 0 Å². The summed E-state index contributed by atoms with van der Waals surface area (Å²) in [7, 11) is -0.368. The van der Waals surface area contributed by atoms with Crippen LogP contribution in [0.1, 0.15) is 27.7 Å². The third-order valence-corrected chi connectivity index (χ3v) is 4.45. The van der Waals surface area contributed by atoms with Gasteiger partial charge in [0.2, 0.25) is 0 Å². The molecule has 3 rings (SSSR count). The van der Waals surface area contributed by atoms with E-state index in [4.69, 9.17) is 18.8 Å². The maximum absolute atomic E-state index is 6.02. The topological polar surface area (TPSA) is 54.7 Å². The van der Waals surface area contributed by atoms with Crippen LogP contribution in [0.15, 0.2) is 12.4 Å². The molecule has 0 aromatic carbocycles. The fourth-order valence-electron chi connectivity index (χ4n) is 2.43. The molecule has 116 valence electrons. The monoisotopic (exact) mass is 294 g/mol. The number of rotatable bonds is 3. The molecular formula is C14H23BN2O4. The minimum atomic E-state index is -0.368. The van der Waals surface area contributed by atoms with Crippen LogP contribution in [0.3, 0.4) is 0 Å². The molecule has 3 heterocycles. The van der Waals surface area contributed by atoms with Gasteiger partial charge in [-0.15, -0.1) is 0 Å². The first-order valence-corrected chi connectivity index (χ1v) is 7.45. The first kappa shape index (κ1) is 15.0. The smallest absolute Gasteiger partial charge is 0.399 e. The summed E-state index contributed by atoms with van der Waals surface area (Å²) >= 11 is 0. The van der Waals surface area contributed by atoms with E-state index in [1.54, 1.807) is 6.20 Å². The lowest BCUT2D eigenvalue weighted by Gasteiger charge is -2.32. The molecule has 0 saturated carbocycles. The molecular weight excluding hydrogens is 271 g/mol. The molecule has 0 aliphatic carbocycles. The molecule has 0 spiro atoms.